The molecule has 1 aromatic carbocycles. The van der Waals surface area contributed by atoms with Gasteiger partial charge in [-0.05, 0) is 68.7 Å². The summed E-state index contributed by atoms with van der Waals surface area (Å²) in [5, 5.41) is 40.1. The lowest BCUT2D eigenvalue weighted by atomic mass is 9.71. The quantitative estimate of drug-likeness (QED) is 0.283. The van der Waals surface area contributed by atoms with E-state index in [4.69, 9.17) is 14.2 Å². The van der Waals surface area contributed by atoms with Gasteiger partial charge >= 0.3 is 23.9 Å². The molecule has 2 aliphatic heterocycles. The van der Waals surface area contributed by atoms with Crippen molar-refractivity contribution in [3.05, 3.63) is 23.3 Å². The maximum Gasteiger partial charge on any atom is 0.335 e. The second-order valence-corrected chi connectivity index (χ2v) is 11.3. The van der Waals surface area contributed by atoms with Gasteiger partial charge in [0.15, 0.2) is 17.6 Å². The Bertz CT molecular complexity index is 1150. The van der Waals surface area contributed by atoms with Crippen LogP contribution in [-0.4, -0.2) is 87.8 Å². The van der Waals surface area contributed by atoms with Gasteiger partial charge in [0.25, 0.3) is 0 Å². The van der Waals surface area contributed by atoms with E-state index in [9.17, 15) is 39.6 Å². The van der Waals surface area contributed by atoms with Crippen molar-refractivity contribution in [1.82, 2.24) is 4.90 Å². The van der Waals surface area contributed by atoms with Gasteiger partial charge in [-0.15, -0.1) is 0 Å². The molecule has 12 heteroatoms. The average molecular weight is 578 g/mol. The average Bonchev–Trinajstić information content (AvgIpc) is 2.91. The molecular formula is C29H39NO11. The molecule has 2 heterocycles. The number of carboxylic acid groups (broad SMARTS) is 3. The van der Waals surface area contributed by atoms with Gasteiger partial charge in [0, 0.05) is 29.9 Å². The second kappa shape index (κ2) is 13.1. The Kier molecular flexibility index (Phi) is 9.75. The number of methoxy groups -OCH3 is 1. The lowest BCUT2D eigenvalue weighted by Crippen LogP contribution is -2.54. The van der Waals surface area contributed by atoms with Crippen molar-refractivity contribution in [3.63, 3.8) is 0 Å². The number of carbonyl (C=O) groups is 4. The number of phenols is 1. The molecule has 0 bridgehead atoms. The van der Waals surface area contributed by atoms with E-state index in [1.54, 1.807) is 6.07 Å². The van der Waals surface area contributed by atoms with Gasteiger partial charge in [0.1, 0.15) is 0 Å². The fraction of sp³-hybridized carbons (Fsp3) is 0.655. The highest BCUT2D eigenvalue weighted by molar-refractivity contribution is 5.77. The van der Waals surface area contributed by atoms with Crippen LogP contribution >= 0.6 is 0 Å². The summed E-state index contributed by atoms with van der Waals surface area (Å²) >= 11 is 0. The van der Waals surface area contributed by atoms with Gasteiger partial charge in [0.05, 0.1) is 20.0 Å². The molecule has 4 rings (SSSR count). The van der Waals surface area contributed by atoms with E-state index in [-0.39, 0.29) is 11.5 Å². The zero-order valence-electron chi connectivity index (χ0n) is 23.4. The number of hydrogen-bond donors (Lipinski definition) is 4. The Morgan fingerprint density at radius 1 is 0.976 bits per heavy atom. The largest absolute Gasteiger partial charge is 0.504 e. The van der Waals surface area contributed by atoms with Crippen molar-refractivity contribution in [2.45, 2.75) is 76.7 Å². The zero-order chi connectivity index (χ0) is 29.8. The van der Waals surface area contributed by atoms with Crippen LogP contribution in [0.4, 0.5) is 0 Å². The summed E-state index contributed by atoms with van der Waals surface area (Å²) in [7, 11) is 1.09. The molecule has 0 saturated carbocycles. The number of likely N-dealkylation sites (tertiary alicyclic amines) is 1. The van der Waals surface area contributed by atoms with Crippen LogP contribution in [0.1, 0.15) is 56.6 Å². The van der Waals surface area contributed by atoms with Crippen LogP contribution in [0.3, 0.4) is 0 Å². The normalized spacial score (nSPS) is 29.6. The standard InChI is InChI=1S/C29H39NO11/c1-3-8-30-9-4-5-16-10-17-15(11-21(16)30)6-7-22(26(17)37)40-29-20(14-25(35)36)18(12-23(31)32)19(13-24(33)34)27(41-29)28(38)39-2/h6-7,16,18-21,27,29,37H,3-5,8-14H2,1-2H3,(H,31,32)(H,33,34)(H,35,36)/t16-,18+,19+,20-,21-,27+,29-/m1/s1. The number of esters is 1. The predicted molar refractivity (Wildman–Crippen MR) is 142 cm³/mol. The maximum atomic E-state index is 12.7. The van der Waals surface area contributed by atoms with Gasteiger partial charge < -0.3 is 34.6 Å². The smallest absolute Gasteiger partial charge is 0.335 e. The van der Waals surface area contributed by atoms with E-state index < -0.39 is 73.3 Å². The first-order valence-electron chi connectivity index (χ1n) is 14.2. The molecule has 4 N–H and O–H groups in total. The number of carbonyl (C=O) groups excluding carboxylic acids is 1. The topological polar surface area (TPSA) is 180 Å². The van der Waals surface area contributed by atoms with E-state index >= 15 is 0 Å². The van der Waals surface area contributed by atoms with Crippen molar-refractivity contribution in [2.75, 3.05) is 20.2 Å². The van der Waals surface area contributed by atoms with E-state index in [1.165, 1.54) is 0 Å². The molecule has 0 unspecified atom stereocenters. The molecule has 0 spiro atoms. The number of benzene rings is 1. The minimum Gasteiger partial charge on any atom is -0.504 e. The first kappa shape index (κ1) is 30.6. The van der Waals surface area contributed by atoms with Crippen LogP contribution in [-0.2, 0) is 41.5 Å². The molecule has 0 aromatic heterocycles. The summed E-state index contributed by atoms with van der Waals surface area (Å²) < 4.78 is 16.7. The molecule has 3 aliphatic rings. The van der Waals surface area contributed by atoms with Gasteiger partial charge in [-0.1, -0.05) is 13.0 Å². The first-order valence-corrected chi connectivity index (χ1v) is 14.2. The minimum absolute atomic E-state index is 0.0261. The molecular weight excluding hydrogens is 538 g/mol. The molecule has 7 atom stereocenters. The van der Waals surface area contributed by atoms with Crippen LogP contribution in [0.5, 0.6) is 11.5 Å². The molecule has 2 saturated heterocycles. The van der Waals surface area contributed by atoms with Crippen molar-refractivity contribution < 1.29 is 53.8 Å². The number of hydrogen-bond acceptors (Lipinski definition) is 9. The second-order valence-electron chi connectivity index (χ2n) is 11.3. The van der Waals surface area contributed by atoms with E-state index in [0.717, 1.165) is 57.0 Å². The predicted octanol–water partition coefficient (Wildman–Crippen LogP) is 2.53. The Balaban J connectivity index is 1.67. The highest BCUT2D eigenvalue weighted by Gasteiger charge is 2.52. The number of rotatable bonds is 11. The summed E-state index contributed by atoms with van der Waals surface area (Å²) in [6, 6.07) is 3.84. The molecule has 41 heavy (non-hydrogen) atoms. The number of nitrogens with zero attached hydrogens (tertiary/aromatic N) is 1. The Hall–Kier alpha value is -3.38. The van der Waals surface area contributed by atoms with E-state index in [0.29, 0.717) is 18.4 Å². The number of fused-ring (bicyclic) bond motifs is 2. The Morgan fingerprint density at radius 3 is 2.27 bits per heavy atom. The summed E-state index contributed by atoms with van der Waals surface area (Å²) in [6.45, 7) is 4.25. The molecule has 1 aromatic rings. The third-order valence-electron chi connectivity index (χ3n) is 8.81. The third-order valence-corrected chi connectivity index (χ3v) is 8.81. The number of aromatic hydroxyl groups is 1. The lowest BCUT2D eigenvalue weighted by Gasteiger charge is -2.45. The zero-order valence-corrected chi connectivity index (χ0v) is 23.4. The number of phenolic OH excluding ortho intramolecular Hbond substituents is 1. The molecule has 226 valence electrons. The summed E-state index contributed by atoms with van der Waals surface area (Å²) in [5.41, 5.74) is 1.76. The monoisotopic (exact) mass is 577 g/mol. The van der Waals surface area contributed by atoms with Crippen molar-refractivity contribution >= 4 is 23.9 Å². The number of ether oxygens (including phenoxy) is 3. The summed E-state index contributed by atoms with van der Waals surface area (Å²) in [4.78, 5) is 50.5. The van der Waals surface area contributed by atoms with Gasteiger partial charge in [-0.2, -0.15) is 0 Å². The fourth-order valence-corrected chi connectivity index (χ4v) is 7.06. The molecule has 0 radical (unpaired) electrons. The summed E-state index contributed by atoms with van der Waals surface area (Å²) in [6.07, 6.45) is -0.185. The molecule has 2 fully saturated rings. The molecule has 12 nitrogen and oxygen atoms in total. The Labute approximate surface area is 238 Å². The van der Waals surface area contributed by atoms with E-state index in [2.05, 4.69) is 11.8 Å². The highest BCUT2D eigenvalue weighted by atomic mass is 16.7. The van der Waals surface area contributed by atoms with E-state index in [1.807, 2.05) is 6.07 Å². The van der Waals surface area contributed by atoms with Gasteiger partial charge in [-0.3, -0.25) is 19.3 Å². The highest BCUT2D eigenvalue weighted by Crippen LogP contribution is 2.46. The van der Waals surface area contributed by atoms with Crippen LogP contribution in [0, 0.1) is 23.7 Å². The van der Waals surface area contributed by atoms with Crippen molar-refractivity contribution in [1.29, 1.82) is 0 Å². The van der Waals surface area contributed by atoms with Crippen molar-refractivity contribution in [3.8, 4) is 11.5 Å². The maximum absolute atomic E-state index is 12.7. The SMILES string of the molecule is CCCN1CCC[C@@H]2Cc3c(ccc(O[C@@H]4O[C@H](C(=O)OC)[C@@H](CC(=O)O)[C@H](CC(=O)O)[C@H]4CC(=O)O)c3O)C[C@H]21. The van der Waals surface area contributed by atoms with Crippen LogP contribution in [0.15, 0.2) is 12.1 Å². The summed E-state index contributed by atoms with van der Waals surface area (Å²) in [5.74, 6) is -7.90. The van der Waals surface area contributed by atoms with Gasteiger partial charge in [0.2, 0.25) is 6.29 Å². The number of piperidine rings is 1. The number of carboxylic acids is 3. The molecule has 0 amide bonds. The van der Waals surface area contributed by atoms with Crippen LogP contribution in [0.25, 0.3) is 0 Å². The Morgan fingerprint density at radius 2 is 1.63 bits per heavy atom. The third kappa shape index (κ3) is 6.75. The first-order chi connectivity index (χ1) is 19.5. The fourth-order valence-electron chi connectivity index (χ4n) is 7.06. The minimum atomic E-state index is -1.51. The molecule has 1 aliphatic carbocycles. The van der Waals surface area contributed by atoms with Crippen LogP contribution in [0.2, 0.25) is 0 Å². The lowest BCUT2D eigenvalue weighted by molar-refractivity contribution is -0.233. The van der Waals surface area contributed by atoms with Crippen molar-refractivity contribution in [2.24, 2.45) is 23.7 Å². The van der Waals surface area contributed by atoms with Gasteiger partial charge in [-0.25, -0.2) is 4.79 Å². The number of aliphatic carboxylic acids is 3. The van der Waals surface area contributed by atoms with Crippen LogP contribution < -0.4 is 4.74 Å².